The van der Waals surface area contributed by atoms with Gasteiger partial charge in [-0.05, 0) is 12.1 Å². The van der Waals surface area contributed by atoms with Gasteiger partial charge in [0.15, 0.2) is 0 Å². The van der Waals surface area contributed by atoms with E-state index in [1.165, 1.54) is 0 Å². The Balaban J connectivity index is 2.45. The van der Waals surface area contributed by atoms with Crippen molar-refractivity contribution in [2.24, 2.45) is 0 Å². The first-order chi connectivity index (χ1) is 5.29. The normalized spacial score (nSPS) is 9.18. The maximum absolute atomic E-state index is 10.3. The molecule has 0 amide bonds. The molecule has 3 nitrogen and oxygen atoms in total. The van der Waals surface area contributed by atoms with E-state index in [1.807, 2.05) is 6.07 Å². The summed E-state index contributed by atoms with van der Waals surface area (Å²) in [5.41, 5.74) is 0.726. The summed E-state index contributed by atoms with van der Waals surface area (Å²) in [7, 11) is 0. The van der Waals surface area contributed by atoms with E-state index in [2.05, 4.69) is 16.6 Å². The first-order valence-corrected chi connectivity index (χ1v) is 3.17. The second-order valence-corrected chi connectivity index (χ2v) is 1.98. The third-order valence-corrected chi connectivity index (χ3v) is 1.11. The van der Waals surface area contributed by atoms with E-state index in [-0.39, 0.29) is 6.61 Å². The molecule has 0 unspecified atom stereocenters. The van der Waals surface area contributed by atoms with Crippen LogP contribution >= 0.6 is 0 Å². The topological polar surface area (TPSA) is 39.2 Å². The van der Waals surface area contributed by atoms with Crippen molar-refractivity contribution in [1.82, 2.24) is 4.98 Å². The molecule has 0 fully saturated rings. The minimum atomic E-state index is -0.532. The molecule has 0 atom stereocenters. The number of hydrogen-bond acceptors (Lipinski definition) is 3. The molecule has 11 heavy (non-hydrogen) atoms. The summed E-state index contributed by atoms with van der Waals surface area (Å²) >= 11 is 0. The van der Waals surface area contributed by atoms with Crippen molar-refractivity contribution in [2.45, 2.75) is 6.61 Å². The lowest BCUT2D eigenvalue weighted by molar-refractivity contribution is -0.139. The van der Waals surface area contributed by atoms with E-state index >= 15 is 0 Å². The second kappa shape index (κ2) is 3.71. The fourth-order valence-corrected chi connectivity index (χ4v) is 0.638. The van der Waals surface area contributed by atoms with Gasteiger partial charge in [0, 0.05) is 6.20 Å². The maximum atomic E-state index is 10.3. The molecule has 0 aliphatic heterocycles. The van der Waals surface area contributed by atoms with Crippen molar-refractivity contribution in [1.29, 1.82) is 0 Å². The molecular weight excluding hydrogens is 142 g/mol. The van der Waals surface area contributed by atoms with E-state index in [0.29, 0.717) is 0 Å². The average molecular weight is 150 g/mol. The summed E-state index contributed by atoms with van der Waals surface area (Å²) in [6.45, 7) is 3.26. The quantitative estimate of drug-likeness (QED) is 0.589. The summed E-state index contributed by atoms with van der Waals surface area (Å²) in [6, 6.07) is 5.41. The van der Waals surface area contributed by atoms with Crippen molar-refractivity contribution < 1.29 is 9.53 Å². The number of carbonyl (C=O) groups is 1. The molecule has 0 bridgehead atoms. The first-order valence-electron chi connectivity index (χ1n) is 3.17. The van der Waals surface area contributed by atoms with Crippen LogP contribution in [0.25, 0.3) is 0 Å². The molecule has 0 aliphatic rings. The molecular formula is C8H8NO2. The number of hydrogen-bond donors (Lipinski definition) is 0. The minimum Gasteiger partial charge on any atom is -0.459 e. The van der Waals surface area contributed by atoms with Crippen molar-refractivity contribution in [3.05, 3.63) is 37.0 Å². The number of aromatic nitrogens is 1. The molecule has 0 spiro atoms. The molecule has 57 valence electrons. The van der Waals surface area contributed by atoms with Gasteiger partial charge in [0.25, 0.3) is 0 Å². The van der Waals surface area contributed by atoms with Gasteiger partial charge < -0.3 is 4.74 Å². The van der Waals surface area contributed by atoms with Crippen LogP contribution in [0.5, 0.6) is 0 Å². The van der Waals surface area contributed by atoms with Crippen molar-refractivity contribution in [2.75, 3.05) is 0 Å². The van der Waals surface area contributed by atoms with Gasteiger partial charge in [0.1, 0.15) is 6.61 Å². The summed E-state index contributed by atoms with van der Waals surface area (Å²) in [5, 5.41) is 0. The van der Waals surface area contributed by atoms with Crippen LogP contribution < -0.4 is 0 Å². The predicted octanol–water partition coefficient (Wildman–Crippen LogP) is 0.959. The zero-order chi connectivity index (χ0) is 8.10. The lowest BCUT2D eigenvalue weighted by Crippen LogP contribution is -2.00. The lowest BCUT2D eigenvalue weighted by Gasteiger charge is -1.98. The number of rotatable bonds is 2. The highest BCUT2D eigenvalue weighted by Crippen LogP contribution is 1.95. The Morgan fingerprint density at radius 1 is 1.64 bits per heavy atom. The third-order valence-electron chi connectivity index (χ3n) is 1.11. The number of esters is 1. The Morgan fingerprint density at radius 2 is 2.45 bits per heavy atom. The highest BCUT2D eigenvalue weighted by Gasteiger charge is 1.94. The first kappa shape index (κ1) is 7.72. The largest absolute Gasteiger partial charge is 0.459 e. The molecule has 1 radical (unpaired) electrons. The van der Waals surface area contributed by atoms with Crippen LogP contribution in [0, 0.1) is 6.92 Å². The van der Waals surface area contributed by atoms with Gasteiger partial charge in [-0.2, -0.15) is 0 Å². The Morgan fingerprint density at radius 3 is 3.00 bits per heavy atom. The molecule has 0 aromatic carbocycles. The maximum Gasteiger partial charge on any atom is 0.306 e. The molecule has 1 rings (SSSR count). The second-order valence-electron chi connectivity index (χ2n) is 1.98. The van der Waals surface area contributed by atoms with Gasteiger partial charge in [-0.25, -0.2) is 0 Å². The lowest BCUT2D eigenvalue weighted by atomic mass is 10.4. The molecule has 0 N–H and O–H groups in total. The molecule has 0 saturated carbocycles. The van der Waals surface area contributed by atoms with Gasteiger partial charge >= 0.3 is 5.97 Å². The van der Waals surface area contributed by atoms with Crippen LogP contribution in [0.3, 0.4) is 0 Å². The van der Waals surface area contributed by atoms with Crippen LogP contribution in [0.2, 0.25) is 0 Å². The zero-order valence-corrected chi connectivity index (χ0v) is 5.99. The fourth-order valence-electron chi connectivity index (χ4n) is 0.638. The van der Waals surface area contributed by atoms with E-state index < -0.39 is 5.97 Å². The molecule has 1 aromatic heterocycles. The zero-order valence-electron chi connectivity index (χ0n) is 5.99. The highest BCUT2D eigenvalue weighted by molar-refractivity contribution is 5.73. The molecule has 3 heteroatoms. The third kappa shape index (κ3) is 2.80. The van der Waals surface area contributed by atoms with Crippen molar-refractivity contribution in [3.8, 4) is 0 Å². The minimum absolute atomic E-state index is 0.198. The Kier molecular flexibility index (Phi) is 2.60. The SMILES string of the molecule is [CH2]C(=O)OCc1ccccn1. The standard InChI is InChI=1S/C8H8NO2/c1-7(10)11-6-8-4-2-3-5-9-8/h2-5H,1,6H2. The summed E-state index contributed by atoms with van der Waals surface area (Å²) in [6.07, 6.45) is 1.65. The van der Waals surface area contributed by atoms with E-state index in [9.17, 15) is 4.79 Å². The van der Waals surface area contributed by atoms with E-state index in [1.54, 1.807) is 18.3 Å². The number of ether oxygens (including phenoxy) is 1. The fraction of sp³-hybridized carbons (Fsp3) is 0.125. The molecule has 0 aliphatic carbocycles. The monoisotopic (exact) mass is 150 g/mol. The average Bonchev–Trinajstić information content (AvgIpc) is 2.03. The van der Waals surface area contributed by atoms with Crippen LogP contribution in [0.4, 0.5) is 0 Å². The Bertz CT molecular complexity index is 233. The summed E-state index contributed by atoms with van der Waals surface area (Å²) in [4.78, 5) is 14.2. The molecule has 1 heterocycles. The van der Waals surface area contributed by atoms with E-state index in [0.717, 1.165) is 5.69 Å². The van der Waals surface area contributed by atoms with Crippen LogP contribution in [0.15, 0.2) is 24.4 Å². The summed E-state index contributed by atoms with van der Waals surface area (Å²) in [5.74, 6) is -0.532. The number of pyridine rings is 1. The molecule has 0 saturated heterocycles. The van der Waals surface area contributed by atoms with Crippen molar-refractivity contribution in [3.63, 3.8) is 0 Å². The highest BCUT2D eigenvalue weighted by atomic mass is 16.5. The Labute approximate surface area is 65.0 Å². The number of nitrogens with zero attached hydrogens (tertiary/aromatic N) is 1. The summed E-state index contributed by atoms with van der Waals surface area (Å²) < 4.78 is 4.62. The smallest absolute Gasteiger partial charge is 0.306 e. The predicted molar refractivity (Wildman–Crippen MR) is 39.4 cm³/mol. The number of carbonyl (C=O) groups excluding carboxylic acids is 1. The Hall–Kier alpha value is -1.38. The van der Waals surface area contributed by atoms with E-state index in [4.69, 9.17) is 0 Å². The van der Waals surface area contributed by atoms with Gasteiger partial charge in [-0.15, -0.1) is 0 Å². The van der Waals surface area contributed by atoms with Crippen LogP contribution in [0.1, 0.15) is 5.69 Å². The molecule has 1 aromatic rings. The van der Waals surface area contributed by atoms with Gasteiger partial charge in [-0.1, -0.05) is 6.07 Å². The van der Waals surface area contributed by atoms with Crippen LogP contribution in [-0.2, 0) is 16.1 Å². The van der Waals surface area contributed by atoms with Crippen LogP contribution in [-0.4, -0.2) is 11.0 Å². The van der Waals surface area contributed by atoms with Gasteiger partial charge in [-0.3, -0.25) is 9.78 Å². The van der Waals surface area contributed by atoms with Gasteiger partial charge in [0.05, 0.1) is 12.6 Å². The van der Waals surface area contributed by atoms with Gasteiger partial charge in [0.2, 0.25) is 0 Å². The van der Waals surface area contributed by atoms with Crippen molar-refractivity contribution >= 4 is 5.97 Å².